The van der Waals surface area contributed by atoms with E-state index in [1.165, 1.54) is 24.3 Å². The normalized spacial score (nSPS) is 10.5. The van der Waals surface area contributed by atoms with Gasteiger partial charge in [-0.3, -0.25) is 10.1 Å². The van der Waals surface area contributed by atoms with Gasteiger partial charge in [0.2, 0.25) is 0 Å². The first-order valence-corrected chi connectivity index (χ1v) is 6.18. The largest absolute Gasteiger partial charge is 0.306 e. The fourth-order valence-corrected chi connectivity index (χ4v) is 1.98. The van der Waals surface area contributed by atoms with E-state index in [1.807, 2.05) is 0 Å². The fourth-order valence-electron chi connectivity index (χ4n) is 1.98. The minimum Gasteiger partial charge on any atom is -0.306 e. The summed E-state index contributed by atoms with van der Waals surface area (Å²) in [6, 6.07) is 12.2. The monoisotopic (exact) mass is 283 g/mol. The molecule has 1 heterocycles. The van der Waals surface area contributed by atoms with Crippen LogP contribution in [0.1, 0.15) is 0 Å². The number of hydrogen-bond acceptors (Lipinski definition) is 3. The Morgan fingerprint density at radius 2 is 1.71 bits per heavy atom. The predicted octanol–water partition coefficient (Wildman–Crippen LogP) is 3.59. The highest BCUT2D eigenvalue weighted by Crippen LogP contribution is 2.22. The molecule has 0 spiro atoms. The number of nitro benzene ring substituents is 1. The van der Waals surface area contributed by atoms with E-state index in [9.17, 15) is 14.5 Å². The number of benzene rings is 2. The number of hydrogen-bond donors (Lipinski definition) is 0. The minimum atomic E-state index is -0.444. The molecule has 0 fully saturated rings. The summed E-state index contributed by atoms with van der Waals surface area (Å²) in [6.45, 7) is 0. The number of imidazole rings is 1. The third-order valence-electron chi connectivity index (χ3n) is 3.08. The molecule has 6 heteroatoms. The van der Waals surface area contributed by atoms with Crippen LogP contribution in [0.3, 0.4) is 0 Å². The molecule has 0 aliphatic rings. The predicted molar refractivity (Wildman–Crippen MR) is 75.6 cm³/mol. The average molecular weight is 283 g/mol. The van der Waals surface area contributed by atoms with Crippen LogP contribution in [-0.2, 0) is 0 Å². The first-order valence-electron chi connectivity index (χ1n) is 6.18. The second kappa shape index (κ2) is 5.16. The lowest BCUT2D eigenvalue weighted by atomic mass is 10.1. The molecule has 21 heavy (non-hydrogen) atoms. The molecule has 0 N–H and O–H groups in total. The molecular formula is C15H10FN3O2. The summed E-state index contributed by atoms with van der Waals surface area (Å²) >= 11 is 0. The summed E-state index contributed by atoms with van der Waals surface area (Å²) < 4.78 is 14.7. The Morgan fingerprint density at radius 3 is 2.33 bits per heavy atom. The van der Waals surface area contributed by atoms with Crippen LogP contribution < -0.4 is 0 Å². The Balaban J connectivity index is 1.90. The number of rotatable bonds is 3. The molecule has 0 saturated carbocycles. The molecule has 5 nitrogen and oxygen atoms in total. The van der Waals surface area contributed by atoms with Gasteiger partial charge in [-0.05, 0) is 36.4 Å². The Hall–Kier alpha value is -3.02. The van der Waals surface area contributed by atoms with Crippen molar-refractivity contribution in [2.24, 2.45) is 0 Å². The minimum absolute atomic E-state index is 0.0386. The lowest BCUT2D eigenvalue weighted by Crippen LogP contribution is -1.89. The zero-order valence-corrected chi connectivity index (χ0v) is 10.8. The molecule has 0 bridgehead atoms. The van der Waals surface area contributed by atoms with Gasteiger partial charge in [0, 0.05) is 29.6 Å². The van der Waals surface area contributed by atoms with E-state index in [0.29, 0.717) is 5.69 Å². The summed E-state index contributed by atoms with van der Waals surface area (Å²) in [4.78, 5) is 14.4. The average Bonchev–Trinajstić information content (AvgIpc) is 2.98. The highest BCUT2D eigenvalue weighted by Gasteiger charge is 2.07. The summed E-state index contributed by atoms with van der Waals surface area (Å²) in [5.74, 6) is -0.297. The van der Waals surface area contributed by atoms with Gasteiger partial charge in [-0.1, -0.05) is 0 Å². The van der Waals surface area contributed by atoms with Crippen molar-refractivity contribution in [2.75, 3.05) is 0 Å². The Morgan fingerprint density at radius 1 is 1.05 bits per heavy atom. The van der Waals surface area contributed by atoms with Gasteiger partial charge in [0.15, 0.2) is 0 Å². The SMILES string of the molecule is O=[N+]([O-])c1ccc(-c2cn(-c3ccc(F)cc3)cn2)cc1. The molecule has 0 atom stereocenters. The smallest absolute Gasteiger partial charge is 0.269 e. The van der Waals surface area contributed by atoms with Crippen molar-refractivity contribution in [1.82, 2.24) is 9.55 Å². The Labute approximate surface area is 119 Å². The summed E-state index contributed by atoms with van der Waals surface area (Å²) in [5, 5.41) is 10.6. The molecule has 0 aliphatic heterocycles. The van der Waals surface area contributed by atoms with E-state index in [-0.39, 0.29) is 11.5 Å². The molecular weight excluding hydrogens is 273 g/mol. The molecule has 3 rings (SSSR count). The quantitative estimate of drug-likeness (QED) is 0.545. The molecule has 0 aliphatic carbocycles. The standard InChI is InChI=1S/C15H10FN3O2/c16-12-3-7-13(8-4-12)18-9-15(17-10-18)11-1-5-14(6-2-11)19(20)21/h1-10H. The van der Waals surface area contributed by atoms with Crippen molar-refractivity contribution in [1.29, 1.82) is 0 Å². The van der Waals surface area contributed by atoms with Gasteiger partial charge < -0.3 is 4.57 Å². The van der Waals surface area contributed by atoms with Crippen molar-refractivity contribution < 1.29 is 9.31 Å². The number of halogens is 1. The molecule has 104 valence electrons. The first-order chi connectivity index (χ1) is 10.1. The van der Waals surface area contributed by atoms with Crippen molar-refractivity contribution in [3.63, 3.8) is 0 Å². The van der Waals surface area contributed by atoms with Gasteiger partial charge >= 0.3 is 0 Å². The second-order valence-electron chi connectivity index (χ2n) is 4.45. The van der Waals surface area contributed by atoms with E-state index in [2.05, 4.69) is 4.98 Å². The van der Waals surface area contributed by atoms with E-state index >= 15 is 0 Å². The number of nitrogens with zero attached hydrogens (tertiary/aromatic N) is 3. The van der Waals surface area contributed by atoms with Crippen LogP contribution in [0.15, 0.2) is 61.1 Å². The summed E-state index contributed by atoms with van der Waals surface area (Å²) in [6.07, 6.45) is 3.40. The van der Waals surface area contributed by atoms with Crippen LogP contribution in [-0.4, -0.2) is 14.5 Å². The van der Waals surface area contributed by atoms with Gasteiger partial charge in [-0.2, -0.15) is 0 Å². The van der Waals surface area contributed by atoms with Gasteiger partial charge in [-0.25, -0.2) is 9.37 Å². The lowest BCUT2D eigenvalue weighted by molar-refractivity contribution is -0.384. The molecule has 2 aromatic carbocycles. The van der Waals surface area contributed by atoms with E-state index in [4.69, 9.17) is 0 Å². The van der Waals surface area contributed by atoms with Crippen LogP contribution in [0.5, 0.6) is 0 Å². The molecule has 3 aromatic rings. The molecule has 1 aromatic heterocycles. The van der Waals surface area contributed by atoms with Gasteiger partial charge in [-0.15, -0.1) is 0 Å². The molecule has 0 amide bonds. The lowest BCUT2D eigenvalue weighted by Gasteiger charge is -2.00. The topological polar surface area (TPSA) is 61.0 Å². The highest BCUT2D eigenvalue weighted by atomic mass is 19.1. The van der Waals surface area contributed by atoms with Gasteiger partial charge in [0.1, 0.15) is 5.82 Å². The van der Waals surface area contributed by atoms with Crippen molar-refractivity contribution in [3.05, 3.63) is 77.0 Å². The maximum atomic E-state index is 12.9. The van der Waals surface area contributed by atoms with E-state index < -0.39 is 4.92 Å². The maximum Gasteiger partial charge on any atom is 0.269 e. The van der Waals surface area contributed by atoms with Crippen molar-refractivity contribution >= 4 is 5.69 Å². The van der Waals surface area contributed by atoms with Crippen molar-refractivity contribution in [2.45, 2.75) is 0 Å². The number of nitro groups is 1. The third-order valence-corrected chi connectivity index (χ3v) is 3.08. The van der Waals surface area contributed by atoms with Crippen molar-refractivity contribution in [3.8, 4) is 16.9 Å². The number of non-ortho nitro benzene ring substituents is 1. The van der Waals surface area contributed by atoms with Crippen LogP contribution >= 0.6 is 0 Å². The van der Waals surface area contributed by atoms with E-state index in [1.54, 1.807) is 41.4 Å². The van der Waals surface area contributed by atoms with E-state index in [0.717, 1.165) is 11.3 Å². The van der Waals surface area contributed by atoms with Crippen LogP contribution in [0.2, 0.25) is 0 Å². The molecule has 0 radical (unpaired) electrons. The molecule has 0 saturated heterocycles. The first kappa shape index (κ1) is 13.0. The van der Waals surface area contributed by atoms with Crippen LogP contribution in [0.25, 0.3) is 16.9 Å². The Bertz CT molecular complexity index is 779. The summed E-state index contributed by atoms with van der Waals surface area (Å²) in [7, 11) is 0. The summed E-state index contributed by atoms with van der Waals surface area (Å²) in [5.41, 5.74) is 2.30. The zero-order chi connectivity index (χ0) is 14.8. The second-order valence-corrected chi connectivity index (χ2v) is 4.45. The third kappa shape index (κ3) is 2.64. The maximum absolute atomic E-state index is 12.9. The van der Waals surface area contributed by atoms with Gasteiger partial charge in [0.25, 0.3) is 5.69 Å². The van der Waals surface area contributed by atoms with Crippen LogP contribution in [0.4, 0.5) is 10.1 Å². The molecule has 0 unspecified atom stereocenters. The number of aromatic nitrogens is 2. The fraction of sp³-hybridized carbons (Fsp3) is 0. The highest BCUT2D eigenvalue weighted by molar-refractivity contribution is 5.60. The van der Waals surface area contributed by atoms with Gasteiger partial charge in [0.05, 0.1) is 16.9 Å². The van der Waals surface area contributed by atoms with Crippen LogP contribution in [0, 0.1) is 15.9 Å². The Kier molecular flexibility index (Phi) is 3.19. The zero-order valence-electron chi connectivity index (χ0n) is 10.8.